The molecule has 5 heteroatoms. The van der Waals surface area contributed by atoms with E-state index in [1.807, 2.05) is 12.1 Å². The number of anilines is 3. The van der Waals surface area contributed by atoms with E-state index in [2.05, 4.69) is 36.2 Å². The number of fused-ring (bicyclic) bond motifs is 1. The lowest BCUT2D eigenvalue weighted by atomic mass is 9.78. The number of piperidine rings is 1. The quantitative estimate of drug-likeness (QED) is 0.686. The number of aryl methyl sites for hydroxylation is 2. The molecule has 2 heterocycles. The molecule has 2 unspecified atom stereocenters. The second-order valence-corrected chi connectivity index (χ2v) is 8.54. The molecule has 2 atom stereocenters. The van der Waals surface area contributed by atoms with E-state index in [1.165, 1.54) is 38.5 Å². The first-order valence-corrected chi connectivity index (χ1v) is 11.2. The van der Waals surface area contributed by atoms with Crippen LogP contribution in [-0.4, -0.2) is 29.7 Å². The highest BCUT2D eigenvalue weighted by molar-refractivity contribution is 5.62. The molecule has 0 radical (unpaired) electrons. The minimum absolute atomic E-state index is 0.647. The van der Waals surface area contributed by atoms with Crippen LogP contribution in [0.1, 0.15) is 63.1 Å². The number of methoxy groups -OCH3 is 1. The maximum absolute atomic E-state index is 5.40. The zero-order valence-corrected chi connectivity index (χ0v) is 18.1. The molecule has 0 bridgehead atoms. The molecule has 0 spiro atoms. The lowest BCUT2D eigenvalue weighted by Crippen LogP contribution is -2.47. The summed E-state index contributed by atoms with van der Waals surface area (Å²) < 4.78 is 5.40. The Labute approximate surface area is 174 Å². The molecule has 1 N–H and O–H groups in total. The van der Waals surface area contributed by atoms with Crippen LogP contribution in [0, 0.1) is 12.8 Å². The van der Waals surface area contributed by atoms with Crippen molar-refractivity contribution < 1.29 is 4.74 Å². The predicted octanol–water partition coefficient (Wildman–Crippen LogP) is 5.65. The Morgan fingerprint density at radius 3 is 2.76 bits per heavy atom. The third kappa shape index (κ3) is 4.49. The lowest BCUT2D eigenvalue weighted by Gasteiger charge is -2.44. The fraction of sp³-hybridized carbons (Fsp3) is 0.583. The van der Waals surface area contributed by atoms with Gasteiger partial charge in [-0.15, -0.1) is 0 Å². The second-order valence-electron chi connectivity index (χ2n) is 8.54. The molecular weight excluding hydrogens is 360 g/mol. The molecule has 1 aliphatic heterocycles. The van der Waals surface area contributed by atoms with Crippen molar-refractivity contribution in [2.45, 2.75) is 71.3 Å². The van der Waals surface area contributed by atoms with Gasteiger partial charge in [0.05, 0.1) is 7.11 Å². The summed E-state index contributed by atoms with van der Waals surface area (Å²) in [6.45, 7) is 5.41. The van der Waals surface area contributed by atoms with Crippen LogP contribution in [-0.2, 0) is 6.42 Å². The van der Waals surface area contributed by atoms with Gasteiger partial charge in [-0.25, -0.2) is 4.98 Å². The molecule has 1 aliphatic carbocycles. The maximum atomic E-state index is 5.40. The van der Waals surface area contributed by atoms with Gasteiger partial charge in [0, 0.05) is 36.1 Å². The van der Waals surface area contributed by atoms with E-state index in [0.717, 1.165) is 53.8 Å². The van der Waals surface area contributed by atoms with Crippen molar-refractivity contribution in [3.63, 3.8) is 0 Å². The number of rotatable bonds is 6. The molecule has 1 aromatic heterocycles. The summed E-state index contributed by atoms with van der Waals surface area (Å²) in [7, 11) is 1.70. The molecule has 2 aliphatic rings. The van der Waals surface area contributed by atoms with E-state index in [9.17, 15) is 0 Å². The van der Waals surface area contributed by atoms with E-state index >= 15 is 0 Å². The first kappa shape index (κ1) is 20.0. The second kappa shape index (κ2) is 9.02. The molecule has 0 amide bonds. The maximum Gasteiger partial charge on any atom is 0.229 e. The van der Waals surface area contributed by atoms with Gasteiger partial charge in [0.15, 0.2) is 0 Å². The van der Waals surface area contributed by atoms with Crippen LogP contribution in [0.25, 0.3) is 0 Å². The number of benzene rings is 1. The molecule has 4 rings (SSSR count). The lowest BCUT2D eigenvalue weighted by molar-refractivity contribution is 0.242. The zero-order valence-electron chi connectivity index (χ0n) is 18.1. The Kier molecular flexibility index (Phi) is 6.22. The fourth-order valence-electron chi connectivity index (χ4n) is 4.96. The van der Waals surface area contributed by atoms with Crippen LogP contribution >= 0.6 is 0 Å². The van der Waals surface area contributed by atoms with Crippen molar-refractivity contribution in [3.8, 4) is 5.75 Å². The standard InChI is InChI=1S/C24H34N4O/c1-4-8-19-15-23(28-14-7-10-18-9-5-6-11-22(18)28)27-24(25-19)26-21-16-20(29-3)13-12-17(21)2/h12-13,15-16,18,22H,4-11,14H2,1-3H3,(H,25,26,27). The average Bonchev–Trinajstić information content (AvgIpc) is 2.75. The first-order valence-electron chi connectivity index (χ1n) is 11.2. The predicted molar refractivity (Wildman–Crippen MR) is 119 cm³/mol. The Morgan fingerprint density at radius 2 is 1.93 bits per heavy atom. The summed E-state index contributed by atoms with van der Waals surface area (Å²) in [6, 6.07) is 8.94. The van der Waals surface area contributed by atoms with Crippen LogP contribution in [0.2, 0.25) is 0 Å². The molecule has 1 saturated carbocycles. The Hall–Kier alpha value is -2.30. The molecule has 1 aromatic carbocycles. The highest BCUT2D eigenvalue weighted by Crippen LogP contribution is 2.37. The third-order valence-corrected chi connectivity index (χ3v) is 6.50. The van der Waals surface area contributed by atoms with Crippen LogP contribution in [0.15, 0.2) is 24.3 Å². The highest BCUT2D eigenvalue weighted by Gasteiger charge is 2.34. The van der Waals surface area contributed by atoms with Gasteiger partial charge >= 0.3 is 0 Å². The molecule has 29 heavy (non-hydrogen) atoms. The molecule has 5 nitrogen and oxygen atoms in total. The molecule has 2 fully saturated rings. The van der Waals surface area contributed by atoms with Gasteiger partial charge in [-0.2, -0.15) is 4.98 Å². The summed E-state index contributed by atoms with van der Waals surface area (Å²) in [4.78, 5) is 12.4. The first-order chi connectivity index (χ1) is 14.2. The summed E-state index contributed by atoms with van der Waals surface area (Å²) in [5, 5.41) is 3.47. The van der Waals surface area contributed by atoms with Crippen LogP contribution in [0.4, 0.5) is 17.5 Å². The number of hydrogen-bond acceptors (Lipinski definition) is 5. The monoisotopic (exact) mass is 394 g/mol. The normalized spacial score (nSPS) is 21.6. The number of ether oxygens (including phenoxy) is 1. The number of hydrogen-bond donors (Lipinski definition) is 1. The highest BCUT2D eigenvalue weighted by atomic mass is 16.5. The van der Waals surface area contributed by atoms with Gasteiger partial charge in [-0.3, -0.25) is 0 Å². The van der Waals surface area contributed by atoms with Crippen molar-refractivity contribution in [1.82, 2.24) is 9.97 Å². The smallest absolute Gasteiger partial charge is 0.229 e. The van der Waals surface area contributed by atoms with Gasteiger partial charge in [-0.05, 0) is 56.6 Å². The minimum atomic E-state index is 0.647. The van der Waals surface area contributed by atoms with Crippen molar-refractivity contribution in [1.29, 1.82) is 0 Å². The van der Waals surface area contributed by atoms with E-state index < -0.39 is 0 Å². The summed E-state index contributed by atoms with van der Waals surface area (Å²) in [5.74, 6) is 3.46. The van der Waals surface area contributed by atoms with Gasteiger partial charge in [0.25, 0.3) is 0 Å². The van der Waals surface area contributed by atoms with Crippen LogP contribution in [0.3, 0.4) is 0 Å². The van der Waals surface area contributed by atoms with Gasteiger partial charge in [0.2, 0.25) is 5.95 Å². The topological polar surface area (TPSA) is 50.3 Å². The Balaban J connectivity index is 1.65. The Morgan fingerprint density at radius 1 is 1.10 bits per heavy atom. The van der Waals surface area contributed by atoms with E-state index in [-0.39, 0.29) is 0 Å². The van der Waals surface area contributed by atoms with E-state index in [0.29, 0.717) is 12.0 Å². The fourth-order valence-corrected chi connectivity index (χ4v) is 4.96. The summed E-state index contributed by atoms with van der Waals surface area (Å²) >= 11 is 0. The number of nitrogens with zero attached hydrogens (tertiary/aromatic N) is 3. The van der Waals surface area contributed by atoms with Crippen molar-refractivity contribution >= 4 is 17.5 Å². The van der Waals surface area contributed by atoms with Gasteiger partial charge in [-0.1, -0.05) is 32.3 Å². The number of nitrogens with one attached hydrogen (secondary N) is 1. The minimum Gasteiger partial charge on any atom is -0.497 e. The van der Waals surface area contributed by atoms with E-state index in [1.54, 1.807) is 7.11 Å². The van der Waals surface area contributed by atoms with Gasteiger partial charge in [0.1, 0.15) is 11.6 Å². The number of aromatic nitrogens is 2. The van der Waals surface area contributed by atoms with E-state index in [4.69, 9.17) is 14.7 Å². The molecular formula is C24H34N4O. The van der Waals surface area contributed by atoms with Crippen molar-refractivity contribution in [3.05, 3.63) is 35.5 Å². The van der Waals surface area contributed by atoms with Crippen molar-refractivity contribution in [2.24, 2.45) is 5.92 Å². The SMILES string of the molecule is CCCc1cc(N2CCCC3CCCCC32)nc(Nc2cc(OC)ccc2C)n1. The zero-order chi connectivity index (χ0) is 20.2. The third-order valence-electron chi connectivity index (χ3n) is 6.50. The molecule has 2 aromatic rings. The van der Waals surface area contributed by atoms with Crippen LogP contribution in [0.5, 0.6) is 5.75 Å². The summed E-state index contributed by atoms with van der Waals surface area (Å²) in [5.41, 5.74) is 3.28. The Bertz CT molecular complexity index is 836. The van der Waals surface area contributed by atoms with Crippen LogP contribution < -0.4 is 15.0 Å². The molecule has 156 valence electrons. The van der Waals surface area contributed by atoms with Crippen molar-refractivity contribution in [2.75, 3.05) is 23.9 Å². The average molecular weight is 395 g/mol. The van der Waals surface area contributed by atoms with Gasteiger partial charge < -0.3 is 15.0 Å². The largest absolute Gasteiger partial charge is 0.497 e. The summed E-state index contributed by atoms with van der Waals surface area (Å²) in [6.07, 6.45) is 10.1. The molecule has 1 saturated heterocycles.